The number of halogens is 1. The van der Waals surface area contributed by atoms with Crippen LogP contribution in [-0.4, -0.2) is 13.7 Å². The first-order valence-electron chi connectivity index (χ1n) is 6.26. The van der Waals surface area contributed by atoms with Crippen molar-refractivity contribution in [2.75, 3.05) is 5.32 Å². The second-order valence-corrected chi connectivity index (χ2v) is 6.59. The van der Waals surface area contributed by atoms with Gasteiger partial charge in [-0.2, -0.15) is 8.75 Å². The van der Waals surface area contributed by atoms with E-state index in [0.29, 0.717) is 5.02 Å². The fraction of sp³-hybridized carbons (Fsp3) is 0.0714. The van der Waals surface area contributed by atoms with Crippen LogP contribution in [0.2, 0.25) is 5.02 Å². The molecular weight excluding hydrogens is 324 g/mol. The van der Waals surface area contributed by atoms with Crippen LogP contribution in [-0.2, 0) is 0 Å². The molecular formula is C14H9ClN4S2. The molecule has 0 aliphatic carbocycles. The number of para-hydroxylation sites is 1. The second-order valence-electron chi connectivity index (χ2n) is 4.62. The van der Waals surface area contributed by atoms with Crippen molar-refractivity contribution >= 4 is 66.7 Å². The zero-order valence-corrected chi connectivity index (χ0v) is 13.3. The van der Waals surface area contributed by atoms with E-state index in [2.05, 4.69) is 38.1 Å². The quantitative estimate of drug-likeness (QED) is 0.560. The maximum atomic E-state index is 6.29. The molecule has 7 heteroatoms. The minimum absolute atomic E-state index is 0.617. The van der Waals surface area contributed by atoms with Gasteiger partial charge in [0.2, 0.25) is 0 Å². The molecule has 0 amide bonds. The Bertz CT molecular complexity index is 960. The van der Waals surface area contributed by atoms with E-state index in [1.54, 1.807) is 11.3 Å². The van der Waals surface area contributed by atoms with Crippen LogP contribution in [0.5, 0.6) is 0 Å². The van der Waals surface area contributed by atoms with Gasteiger partial charge in [-0.3, -0.25) is 0 Å². The monoisotopic (exact) mass is 332 g/mol. The van der Waals surface area contributed by atoms with E-state index in [-0.39, 0.29) is 0 Å². The minimum atomic E-state index is 0.617. The maximum Gasteiger partial charge on any atom is 0.188 e. The van der Waals surface area contributed by atoms with Crippen molar-refractivity contribution in [2.45, 2.75) is 6.92 Å². The first-order valence-corrected chi connectivity index (χ1v) is 8.19. The summed E-state index contributed by atoms with van der Waals surface area (Å²) in [4.78, 5) is 4.64. The Balaban J connectivity index is 1.84. The van der Waals surface area contributed by atoms with Crippen LogP contribution in [0.25, 0.3) is 21.3 Å². The number of aromatic nitrogens is 3. The summed E-state index contributed by atoms with van der Waals surface area (Å²) in [6.45, 7) is 2.06. The third kappa shape index (κ3) is 2.16. The van der Waals surface area contributed by atoms with E-state index < -0.39 is 0 Å². The third-order valence-corrected chi connectivity index (χ3v) is 5.02. The molecule has 0 unspecified atom stereocenters. The lowest BCUT2D eigenvalue weighted by molar-refractivity contribution is 1.40. The number of fused-ring (bicyclic) bond motifs is 2. The summed E-state index contributed by atoms with van der Waals surface area (Å²) in [6.07, 6.45) is 0. The number of rotatable bonds is 2. The topological polar surface area (TPSA) is 50.7 Å². The molecule has 104 valence electrons. The fourth-order valence-electron chi connectivity index (χ4n) is 2.19. The molecule has 4 aromatic rings. The Morgan fingerprint density at radius 1 is 1.10 bits per heavy atom. The highest BCUT2D eigenvalue weighted by Gasteiger charge is 2.13. The highest BCUT2D eigenvalue weighted by molar-refractivity contribution is 7.22. The molecule has 21 heavy (non-hydrogen) atoms. The summed E-state index contributed by atoms with van der Waals surface area (Å²) in [5.74, 6) is 0. The molecule has 4 rings (SSSR count). The number of hydrogen-bond donors (Lipinski definition) is 1. The van der Waals surface area contributed by atoms with Crippen molar-refractivity contribution in [1.29, 1.82) is 0 Å². The van der Waals surface area contributed by atoms with Gasteiger partial charge in [0, 0.05) is 0 Å². The molecule has 2 heterocycles. The van der Waals surface area contributed by atoms with Crippen LogP contribution in [0.4, 0.5) is 10.8 Å². The van der Waals surface area contributed by atoms with Crippen molar-refractivity contribution in [1.82, 2.24) is 13.7 Å². The van der Waals surface area contributed by atoms with Crippen molar-refractivity contribution in [3.8, 4) is 0 Å². The van der Waals surface area contributed by atoms with Crippen molar-refractivity contribution in [3.63, 3.8) is 0 Å². The zero-order valence-electron chi connectivity index (χ0n) is 10.9. The normalized spacial score (nSPS) is 11.3. The van der Waals surface area contributed by atoms with Gasteiger partial charge in [0.05, 0.1) is 32.7 Å². The van der Waals surface area contributed by atoms with E-state index in [0.717, 1.165) is 37.6 Å². The number of benzene rings is 2. The van der Waals surface area contributed by atoms with Crippen LogP contribution < -0.4 is 5.32 Å². The number of hydrogen-bond acceptors (Lipinski definition) is 6. The first kappa shape index (κ1) is 12.9. The van der Waals surface area contributed by atoms with Crippen molar-refractivity contribution in [3.05, 3.63) is 40.9 Å². The van der Waals surface area contributed by atoms with Crippen LogP contribution in [0, 0.1) is 6.92 Å². The van der Waals surface area contributed by atoms with Gasteiger partial charge in [-0.25, -0.2) is 4.98 Å². The molecule has 0 radical (unpaired) electrons. The van der Waals surface area contributed by atoms with E-state index >= 15 is 0 Å². The third-order valence-electron chi connectivity index (χ3n) is 3.23. The largest absolute Gasteiger partial charge is 0.328 e. The van der Waals surface area contributed by atoms with Gasteiger partial charge in [-0.15, -0.1) is 0 Å². The maximum absolute atomic E-state index is 6.29. The SMILES string of the molecule is Cc1cccc2sc(Nc3c(Cl)ccc4nsnc34)nc12. The summed E-state index contributed by atoms with van der Waals surface area (Å²) in [5, 5.41) is 4.72. The molecule has 0 fully saturated rings. The number of thiazole rings is 1. The Labute approximate surface area is 133 Å². The predicted molar refractivity (Wildman–Crippen MR) is 90.1 cm³/mol. The lowest BCUT2D eigenvalue weighted by Gasteiger charge is -2.05. The average molecular weight is 333 g/mol. The molecule has 0 saturated carbocycles. The molecule has 0 spiro atoms. The standard InChI is InChI=1S/C14H9ClN4S2/c1-7-3-2-4-10-11(7)16-14(20-10)17-12-8(15)5-6-9-13(12)19-21-18-9/h2-6H,1H3,(H,16,17). The van der Waals surface area contributed by atoms with Crippen molar-refractivity contribution in [2.24, 2.45) is 0 Å². The zero-order chi connectivity index (χ0) is 14.4. The van der Waals surface area contributed by atoms with Crippen LogP contribution in [0.1, 0.15) is 5.56 Å². The van der Waals surface area contributed by atoms with Crippen LogP contribution in [0.15, 0.2) is 30.3 Å². The molecule has 1 N–H and O–H groups in total. The van der Waals surface area contributed by atoms with E-state index in [9.17, 15) is 0 Å². The van der Waals surface area contributed by atoms with Crippen LogP contribution in [0.3, 0.4) is 0 Å². The van der Waals surface area contributed by atoms with E-state index in [1.807, 2.05) is 18.2 Å². The molecule has 0 saturated heterocycles. The molecule has 2 aromatic heterocycles. The van der Waals surface area contributed by atoms with E-state index in [1.165, 1.54) is 11.7 Å². The fourth-order valence-corrected chi connectivity index (χ4v) is 3.88. The average Bonchev–Trinajstić information content (AvgIpc) is 3.09. The first-order chi connectivity index (χ1) is 10.2. The molecule has 0 bridgehead atoms. The lowest BCUT2D eigenvalue weighted by atomic mass is 10.2. The molecule has 0 aliphatic heterocycles. The molecule has 0 atom stereocenters. The predicted octanol–water partition coefficient (Wildman–Crippen LogP) is 5.01. The number of anilines is 2. The molecule has 2 aromatic carbocycles. The summed E-state index contributed by atoms with van der Waals surface area (Å²) in [7, 11) is 0. The number of aryl methyl sites for hydroxylation is 1. The Hall–Kier alpha value is -1.76. The van der Waals surface area contributed by atoms with Crippen LogP contribution >= 0.6 is 34.7 Å². The van der Waals surface area contributed by atoms with Crippen molar-refractivity contribution < 1.29 is 0 Å². The minimum Gasteiger partial charge on any atom is -0.328 e. The van der Waals surface area contributed by atoms with Gasteiger partial charge in [-0.1, -0.05) is 35.1 Å². The van der Waals surface area contributed by atoms with Gasteiger partial charge in [0.25, 0.3) is 0 Å². The summed E-state index contributed by atoms with van der Waals surface area (Å²) in [6, 6.07) is 9.86. The molecule has 0 aliphatic rings. The highest BCUT2D eigenvalue weighted by atomic mass is 35.5. The second kappa shape index (κ2) is 4.91. The molecule has 4 nitrogen and oxygen atoms in total. The Morgan fingerprint density at radius 2 is 2.00 bits per heavy atom. The summed E-state index contributed by atoms with van der Waals surface area (Å²) >= 11 is 9.07. The smallest absolute Gasteiger partial charge is 0.188 e. The van der Waals surface area contributed by atoms with Gasteiger partial charge >= 0.3 is 0 Å². The lowest BCUT2D eigenvalue weighted by Crippen LogP contribution is -1.92. The number of nitrogens with one attached hydrogen (secondary N) is 1. The summed E-state index contributed by atoms with van der Waals surface area (Å²) < 4.78 is 9.69. The van der Waals surface area contributed by atoms with Gasteiger partial charge < -0.3 is 5.32 Å². The Morgan fingerprint density at radius 3 is 2.86 bits per heavy atom. The highest BCUT2D eigenvalue weighted by Crippen LogP contribution is 2.35. The van der Waals surface area contributed by atoms with Gasteiger partial charge in [0.15, 0.2) is 5.13 Å². The van der Waals surface area contributed by atoms with Gasteiger partial charge in [0.1, 0.15) is 11.0 Å². The van der Waals surface area contributed by atoms with E-state index in [4.69, 9.17) is 11.6 Å². The summed E-state index contributed by atoms with van der Waals surface area (Å²) in [5.41, 5.74) is 4.56. The number of nitrogens with zero attached hydrogens (tertiary/aromatic N) is 3. The Kier molecular flexibility index (Phi) is 3.02. The van der Waals surface area contributed by atoms with Gasteiger partial charge in [-0.05, 0) is 30.7 Å².